The molecule has 1 amide bonds. The van der Waals surface area contributed by atoms with Crippen molar-refractivity contribution in [1.82, 2.24) is 5.01 Å². The predicted octanol–water partition coefficient (Wildman–Crippen LogP) is 3.44. The summed E-state index contributed by atoms with van der Waals surface area (Å²) in [4.78, 5) is 12.3. The number of hydrazone groups is 1. The summed E-state index contributed by atoms with van der Waals surface area (Å²) in [6.45, 7) is 6.58. The Morgan fingerprint density at radius 2 is 2.06 bits per heavy atom. The monoisotopic (exact) mass is 308 g/mol. The summed E-state index contributed by atoms with van der Waals surface area (Å²) >= 11 is 3.50. The van der Waals surface area contributed by atoms with Crippen LogP contribution in [-0.2, 0) is 11.3 Å². The molecule has 1 aromatic rings. The van der Waals surface area contributed by atoms with Gasteiger partial charge in [0.2, 0.25) is 0 Å². The Morgan fingerprint density at radius 3 is 2.61 bits per heavy atom. The van der Waals surface area contributed by atoms with E-state index in [9.17, 15) is 4.79 Å². The molecule has 0 saturated carbocycles. The van der Waals surface area contributed by atoms with E-state index in [1.54, 1.807) is 5.01 Å². The molecular formula is C14H17BrN2O. The Hall–Kier alpha value is -1.16. The molecule has 0 fully saturated rings. The van der Waals surface area contributed by atoms with Gasteiger partial charge in [0.25, 0.3) is 5.91 Å². The van der Waals surface area contributed by atoms with E-state index >= 15 is 0 Å². The minimum atomic E-state index is -0.0625. The number of carbonyl (C=O) groups is 1. The number of hydrogen-bond acceptors (Lipinski definition) is 2. The molecule has 1 atom stereocenters. The Kier molecular flexibility index (Phi) is 3.85. The minimum Gasteiger partial charge on any atom is -0.272 e. The van der Waals surface area contributed by atoms with Gasteiger partial charge in [0.05, 0.1) is 12.5 Å². The highest BCUT2D eigenvalue weighted by Crippen LogP contribution is 2.26. The maximum atomic E-state index is 12.3. The molecule has 0 saturated heterocycles. The van der Waals surface area contributed by atoms with Gasteiger partial charge in [-0.1, -0.05) is 48.0 Å². The van der Waals surface area contributed by atoms with Gasteiger partial charge in [0.15, 0.2) is 0 Å². The molecule has 0 aromatic heterocycles. The number of rotatable bonds is 3. The molecule has 3 nitrogen and oxygen atoms in total. The zero-order chi connectivity index (χ0) is 13.3. The molecule has 1 aliphatic rings. The molecule has 0 N–H and O–H groups in total. The van der Waals surface area contributed by atoms with Crippen LogP contribution in [0.15, 0.2) is 33.8 Å². The van der Waals surface area contributed by atoms with Crippen LogP contribution < -0.4 is 0 Å². The molecule has 2 rings (SSSR count). The van der Waals surface area contributed by atoms with Crippen LogP contribution in [0.1, 0.15) is 26.3 Å². The van der Waals surface area contributed by atoms with Gasteiger partial charge in [-0.2, -0.15) is 5.10 Å². The van der Waals surface area contributed by atoms with Gasteiger partial charge in [-0.25, -0.2) is 5.01 Å². The number of halogens is 1. The van der Waals surface area contributed by atoms with Crippen LogP contribution in [0.3, 0.4) is 0 Å². The second kappa shape index (κ2) is 5.22. The normalized spacial score (nSPS) is 19.6. The lowest BCUT2D eigenvalue weighted by Crippen LogP contribution is -2.30. The molecule has 1 aliphatic heterocycles. The van der Waals surface area contributed by atoms with Crippen molar-refractivity contribution in [2.45, 2.75) is 27.3 Å². The van der Waals surface area contributed by atoms with E-state index in [4.69, 9.17) is 0 Å². The fourth-order valence-electron chi connectivity index (χ4n) is 2.31. The summed E-state index contributed by atoms with van der Waals surface area (Å²) in [6, 6.07) is 7.92. The van der Waals surface area contributed by atoms with E-state index in [-0.39, 0.29) is 11.8 Å². The van der Waals surface area contributed by atoms with Crippen LogP contribution >= 0.6 is 15.9 Å². The van der Waals surface area contributed by atoms with E-state index in [1.165, 1.54) is 0 Å². The van der Waals surface area contributed by atoms with E-state index < -0.39 is 0 Å². The maximum absolute atomic E-state index is 12.3. The largest absolute Gasteiger partial charge is 0.272 e. The summed E-state index contributed by atoms with van der Waals surface area (Å²) in [5.41, 5.74) is 1.99. The summed E-state index contributed by atoms with van der Waals surface area (Å²) in [5, 5.41) is 5.97. The molecule has 0 spiro atoms. The fraction of sp³-hybridized carbons (Fsp3) is 0.429. The highest BCUT2D eigenvalue weighted by molar-refractivity contribution is 9.10. The average Bonchev–Trinajstić information content (AvgIpc) is 2.57. The molecule has 0 aliphatic carbocycles. The van der Waals surface area contributed by atoms with Gasteiger partial charge in [-0.15, -0.1) is 0 Å². The third-order valence-electron chi connectivity index (χ3n) is 3.19. The standard InChI is InChI=1S/C14H17BrN2O/c1-9(2)13-10(3)16-17(14(13)18)8-11-6-4-5-7-12(11)15/h4-7,9,13H,8H2,1-3H3. The summed E-state index contributed by atoms with van der Waals surface area (Å²) < 4.78 is 1.01. The van der Waals surface area contributed by atoms with Crippen molar-refractivity contribution in [3.05, 3.63) is 34.3 Å². The molecule has 1 aromatic carbocycles. The third-order valence-corrected chi connectivity index (χ3v) is 3.97. The molecule has 96 valence electrons. The molecule has 1 unspecified atom stereocenters. The number of hydrogen-bond donors (Lipinski definition) is 0. The van der Waals surface area contributed by atoms with Crippen LogP contribution in [0, 0.1) is 11.8 Å². The highest BCUT2D eigenvalue weighted by Gasteiger charge is 2.35. The van der Waals surface area contributed by atoms with Crippen LogP contribution in [-0.4, -0.2) is 16.6 Å². The number of amides is 1. The van der Waals surface area contributed by atoms with Crippen LogP contribution in [0.5, 0.6) is 0 Å². The second-order valence-corrected chi connectivity index (χ2v) is 5.80. The lowest BCUT2D eigenvalue weighted by molar-refractivity contribution is -0.133. The highest BCUT2D eigenvalue weighted by atomic mass is 79.9. The summed E-state index contributed by atoms with van der Waals surface area (Å²) in [7, 11) is 0. The third kappa shape index (κ3) is 2.48. The Balaban J connectivity index is 2.18. The first-order chi connectivity index (χ1) is 8.50. The average molecular weight is 309 g/mol. The van der Waals surface area contributed by atoms with E-state index in [1.807, 2.05) is 31.2 Å². The Morgan fingerprint density at radius 1 is 1.39 bits per heavy atom. The Labute approximate surface area is 116 Å². The van der Waals surface area contributed by atoms with Crippen molar-refractivity contribution < 1.29 is 4.79 Å². The van der Waals surface area contributed by atoms with Gasteiger partial charge >= 0.3 is 0 Å². The number of carbonyl (C=O) groups excluding carboxylic acids is 1. The number of benzene rings is 1. The Bertz CT molecular complexity index is 496. The van der Waals surface area contributed by atoms with Crippen molar-refractivity contribution in [2.75, 3.05) is 0 Å². The van der Waals surface area contributed by atoms with Crippen molar-refractivity contribution in [1.29, 1.82) is 0 Å². The van der Waals surface area contributed by atoms with Crippen molar-refractivity contribution in [2.24, 2.45) is 16.9 Å². The molecule has 18 heavy (non-hydrogen) atoms. The lowest BCUT2D eigenvalue weighted by Gasteiger charge is -2.17. The van der Waals surface area contributed by atoms with E-state index in [0.29, 0.717) is 12.5 Å². The van der Waals surface area contributed by atoms with E-state index in [0.717, 1.165) is 15.7 Å². The van der Waals surface area contributed by atoms with E-state index in [2.05, 4.69) is 34.9 Å². The van der Waals surface area contributed by atoms with Crippen molar-refractivity contribution in [3.8, 4) is 0 Å². The second-order valence-electron chi connectivity index (χ2n) is 4.95. The zero-order valence-electron chi connectivity index (χ0n) is 10.9. The molecular weight excluding hydrogens is 292 g/mol. The topological polar surface area (TPSA) is 32.7 Å². The van der Waals surface area contributed by atoms with Crippen molar-refractivity contribution >= 4 is 27.5 Å². The minimum absolute atomic E-state index is 0.0625. The number of nitrogens with zero attached hydrogens (tertiary/aromatic N) is 2. The molecule has 1 heterocycles. The van der Waals surface area contributed by atoms with Crippen LogP contribution in [0.4, 0.5) is 0 Å². The van der Waals surface area contributed by atoms with Gasteiger partial charge in [0, 0.05) is 10.2 Å². The maximum Gasteiger partial charge on any atom is 0.252 e. The SMILES string of the molecule is CC1=NN(Cc2ccccc2Br)C(=O)C1C(C)C. The smallest absolute Gasteiger partial charge is 0.252 e. The fourth-order valence-corrected chi connectivity index (χ4v) is 2.72. The first-order valence-electron chi connectivity index (χ1n) is 6.10. The van der Waals surface area contributed by atoms with Gasteiger partial charge < -0.3 is 0 Å². The van der Waals surface area contributed by atoms with Crippen LogP contribution in [0.2, 0.25) is 0 Å². The van der Waals surface area contributed by atoms with Gasteiger partial charge in [0.1, 0.15) is 0 Å². The van der Waals surface area contributed by atoms with Gasteiger partial charge in [-0.3, -0.25) is 4.79 Å². The quantitative estimate of drug-likeness (QED) is 0.842. The lowest BCUT2D eigenvalue weighted by atomic mass is 9.92. The van der Waals surface area contributed by atoms with Crippen LogP contribution in [0.25, 0.3) is 0 Å². The summed E-state index contributed by atoms with van der Waals surface area (Å²) in [5.74, 6) is 0.344. The molecule has 4 heteroatoms. The predicted molar refractivity (Wildman–Crippen MR) is 76.1 cm³/mol. The van der Waals surface area contributed by atoms with Gasteiger partial charge in [-0.05, 0) is 24.5 Å². The molecule has 0 bridgehead atoms. The first kappa shape index (κ1) is 13.3. The summed E-state index contributed by atoms with van der Waals surface area (Å²) in [6.07, 6.45) is 0. The van der Waals surface area contributed by atoms with Crippen molar-refractivity contribution in [3.63, 3.8) is 0 Å². The zero-order valence-corrected chi connectivity index (χ0v) is 12.4. The first-order valence-corrected chi connectivity index (χ1v) is 6.90. The molecule has 0 radical (unpaired) electrons.